The number of alkyl halides is 10. The van der Waals surface area contributed by atoms with Crippen LogP contribution in [0.5, 0.6) is 0 Å². The van der Waals surface area contributed by atoms with Crippen molar-refractivity contribution >= 4 is 10.0 Å². The van der Waals surface area contributed by atoms with Gasteiger partial charge < -0.3 is 4.74 Å². The number of hydrogen-bond acceptors (Lipinski definition) is 4. The third-order valence-electron chi connectivity index (χ3n) is 2.18. The first-order chi connectivity index (χ1) is 12.1. The lowest BCUT2D eigenvalue weighted by Crippen LogP contribution is -2.64. The maximum atomic E-state index is 13.5. The Labute approximate surface area is 143 Å². The van der Waals surface area contributed by atoms with Gasteiger partial charge in [0.25, 0.3) is 0 Å². The zero-order chi connectivity index (χ0) is 23.0. The van der Waals surface area contributed by atoms with E-state index in [9.17, 15) is 65.5 Å². The number of ether oxygens (including phenoxy) is 2. The second kappa shape index (κ2) is 7.35. The molecule has 28 heavy (non-hydrogen) atoms. The first kappa shape index (κ1) is 25.9. The van der Waals surface area contributed by atoms with E-state index in [0.29, 0.717) is 0 Å². The molecule has 1 atom stereocenters. The summed E-state index contributed by atoms with van der Waals surface area (Å²) >= 11 is 0. The predicted molar refractivity (Wildman–Crippen MR) is 55.3 cm³/mol. The Kier molecular flexibility index (Phi) is 6.79. The summed E-state index contributed by atoms with van der Waals surface area (Å²) < 4.78 is 191. The zero-order valence-electron chi connectivity index (χ0n) is 11.8. The van der Waals surface area contributed by atoms with E-state index in [1.54, 1.807) is 4.74 Å². The number of halogens is 13. The number of azide groups is 1. The first-order valence-electron chi connectivity index (χ1n) is 5.39. The maximum absolute atomic E-state index is 13.5. The SMILES string of the molecule is [N-]=[N+]=NS(=O)(=O)C(F)(F)C(F)(F)OC(F)(C(F)(F)F)C(F)(F)OC(F)=C(F)F. The van der Waals surface area contributed by atoms with Crippen LogP contribution in [-0.2, 0) is 19.5 Å². The minimum Gasteiger partial charge on any atom is -0.398 e. The van der Waals surface area contributed by atoms with Gasteiger partial charge in [0.1, 0.15) is 0 Å². The van der Waals surface area contributed by atoms with Gasteiger partial charge in [0, 0.05) is 9.43 Å². The van der Waals surface area contributed by atoms with Crippen molar-refractivity contribution in [2.24, 2.45) is 4.52 Å². The largest absolute Gasteiger partial charge is 0.471 e. The molecule has 0 aromatic rings. The Balaban J connectivity index is 6.51. The second-order valence-electron chi connectivity index (χ2n) is 4.03. The second-order valence-corrected chi connectivity index (χ2v) is 5.65. The van der Waals surface area contributed by atoms with Crippen LogP contribution in [0, 0.1) is 0 Å². The van der Waals surface area contributed by atoms with Gasteiger partial charge in [0.2, 0.25) is 0 Å². The van der Waals surface area contributed by atoms with Crippen molar-refractivity contribution in [3.8, 4) is 0 Å². The molecule has 21 heteroatoms. The Morgan fingerprint density at radius 2 is 1.29 bits per heavy atom. The van der Waals surface area contributed by atoms with Crippen molar-refractivity contribution < 1.29 is 75.0 Å². The topological polar surface area (TPSA) is 101 Å². The summed E-state index contributed by atoms with van der Waals surface area (Å²) in [5, 5.41) is -7.12. The molecule has 0 aliphatic rings. The molecule has 0 aromatic heterocycles. The molecule has 0 aromatic carbocycles. The summed E-state index contributed by atoms with van der Waals surface area (Å²) in [5.41, 5.74) is 7.62. The van der Waals surface area contributed by atoms with Gasteiger partial charge in [-0.15, -0.1) is 0 Å². The third-order valence-corrected chi connectivity index (χ3v) is 3.35. The molecule has 1 unspecified atom stereocenters. The number of rotatable bonds is 8. The van der Waals surface area contributed by atoms with E-state index in [-0.39, 0.29) is 0 Å². The van der Waals surface area contributed by atoms with Gasteiger partial charge in [0.15, 0.2) is 0 Å². The fourth-order valence-electron chi connectivity index (χ4n) is 0.985. The Hall–Kier alpha value is -2.15. The van der Waals surface area contributed by atoms with Crippen molar-refractivity contribution in [2.45, 2.75) is 29.5 Å². The van der Waals surface area contributed by atoms with Crippen LogP contribution in [0.3, 0.4) is 0 Å². The lowest BCUT2D eigenvalue weighted by atomic mass is 10.2. The normalized spacial score (nSPS) is 16.0. The molecule has 0 saturated heterocycles. The number of sulfonamides is 1. The van der Waals surface area contributed by atoms with Gasteiger partial charge in [0.05, 0.1) is 0 Å². The van der Waals surface area contributed by atoms with Gasteiger partial charge in [-0.1, -0.05) is 0 Å². The van der Waals surface area contributed by atoms with E-state index in [0.717, 1.165) is 9.43 Å². The Bertz CT molecular complexity index is 782. The molecule has 0 aliphatic carbocycles. The molecule has 0 fully saturated rings. The number of nitrogens with zero attached hydrogens (tertiary/aromatic N) is 3. The molecule has 0 rings (SSSR count). The van der Waals surface area contributed by atoms with Gasteiger partial charge >= 0.3 is 51.6 Å². The van der Waals surface area contributed by atoms with Crippen molar-refractivity contribution in [1.29, 1.82) is 0 Å². The zero-order valence-corrected chi connectivity index (χ0v) is 12.6. The summed E-state index contributed by atoms with van der Waals surface area (Å²) in [6, 6.07) is -3.96. The molecule has 0 heterocycles. The van der Waals surface area contributed by atoms with Gasteiger partial charge in [-0.3, -0.25) is 4.74 Å². The maximum Gasteiger partial charge on any atom is 0.471 e. The molecule has 164 valence electrons. The fraction of sp³-hybridized carbons (Fsp3) is 0.714. The van der Waals surface area contributed by atoms with E-state index in [1.165, 1.54) is 0 Å². The van der Waals surface area contributed by atoms with Crippen LogP contribution < -0.4 is 0 Å². The van der Waals surface area contributed by atoms with Crippen molar-refractivity contribution in [3.63, 3.8) is 0 Å². The van der Waals surface area contributed by atoms with Crippen molar-refractivity contribution in [1.82, 2.24) is 0 Å². The highest BCUT2D eigenvalue weighted by Gasteiger charge is 2.82. The lowest BCUT2D eigenvalue weighted by Gasteiger charge is -2.36. The molecule has 7 nitrogen and oxygen atoms in total. The highest BCUT2D eigenvalue weighted by atomic mass is 32.2. The fourth-order valence-corrected chi connectivity index (χ4v) is 1.53. The molecule has 0 N–H and O–H groups in total. The first-order valence-corrected chi connectivity index (χ1v) is 6.83. The molecule has 0 saturated carbocycles. The summed E-state index contributed by atoms with van der Waals surface area (Å²) in [4.78, 5) is 1.08. The summed E-state index contributed by atoms with van der Waals surface area (Å²) in [6.07, 6.45) is -26.2. The van der Waals surface area contributed by atoms with Gasteiger partial charge in [-0.25, -0.2) is 8.42 Å². The van der Waals surface area contributed by atoms with E-state index < -0.39 is 51.6 Å². The molecular formula is C7F13N3O4S. The molecule has 0 radical (unpaired) electrons. The van der Waals surface area contributed by atoms with E-state index in [1.807, 2.05) is 4.74 Å². The van der Waals surface area contributed by atoms with Gasteiger partial charge in [-0.2, -0.15) is 57.1 Å². The Morgan fingerprint density at radius 3 is 1.61 bits per heavy atom. The van der Waals surface area contributed by atoms with Crippen molar-refractivity contribution in [2.75, 3.05) is 0 Å². The highest BCUT2D eigenvalue weighted by Crippen LogP contribution is 2.53. The highest BCUT2D eigenvalue weighted by molar-refractivity contribution is 7.91. The minimum absolute atomic E-state index is 1.07. The van der Waals surface area contributed by atoms with Crippen molar-refractivity contribution in [3.05, 3.63) is 22.5 Å². The van der Waals surface area contributed by atoms with E-state index >= 15 is 0 Å². The molecule has 0 bridgehead atoms. The standard InChI is InChI=1S/C7F13N3O4S/c8-1(9)2(10)26-5(15,16)3(11,4(12,13)14)27-6(17,18)7(19,20)28(24,25)23-22-21. The van der Waals surface area contributed by atoms with E-state index in [4.69, 9.17) is 5.53 Å². The van der Waals surface area contributed by atoms with Crippen LogP contribution in [0.25, 0.3) is 10.4 Å². The van der Waals surface area contributed by atoms with Crippen LogP contribution in [0.1, 0.15) is 0 Å². The predicted octanol–water partition coefficient (Wildman–Crippen LogP) is 4.70. The summed E-state index contributed by atoms with van der Waals surface area (Å²) in [6.45, 7) is 0. The lowest BCUT2D eigenvalue weighted by molar-refractivity contribution is -0.510. The van der Waals surface area contributed by atoms with Crippen LogP contribution in [-0.4, -0.2) is 37.9 Å². The molecule has 0 aliphatic heterocycles. The smallest absolute Gasteiger partial charge is 0.398 e. The minimum atomic E-state index is -7.55. The summed E-state index contributed by atoms with van der Waals surface area (Å²) in [7, 11) is -7.19. The Morgan fingerprint density at radius 1 is 0.857 bits per heavy atom. The van der Waals surface area contributed by atoms with Crippen LogP contribution in [0.4, 0.5) is 57.1 Å². The number of hydrogen-bond donors (Lipinski definition) is 0. The quantitative estimate of drug-likeness (QED) is 0.169. The average Bonchev–Trinajstić information content (AvgIpc) is 2.44. The van der Waals surface area contributed by atoms with Crippen LogP contribution >= 0.6 is 0 Å². The molecule has 0 spiro atoms. The molecular weight excluding hydrogens is 469 g/mol. The molecule has 0 amide bonds. The monoisotopic (exact) mass is 469 g/mol. The summed E-state index contributed by atoms with van der Waals surface area (Å²) in [5.74, 6) is -7.54. The van der Waals surface area contributed by atoms with Crippen LogP contribution in [0.2, 0.25) is 0 Å². The van der Waals surface area contributed by atoms with E-state index in [2.05, 4.69) is 0 Å². The third kappa shape index (κ3) is 4.46. The van der Waals surface area contributed by atoms with Gasteiger partial charge in [-0.05, 0) is 5.53 Å². The van der Waals surface area contributed by atoms with Crippen LogP contribution in [0.15, 0.2) is 16.6 Å². The average molecular weight is 469 g/mol.